The summed E-state index contributed by atoms with van der Waals surface area (Å²) in [7, 11) is 0. The molecule has 0 bridgehead atoms. The van der Waals surface area contributed by atoms with Gasteiger partial charge in [-0.2, -0.15) is 0 Å². The van der Waals surface area contributed by atoms with Crippen LogP contribution >= 0.6 is 91.8 Å². The van der Waals surface area contributed by atoms with Gasteiger partial charge in [0.15, 0.2) is 0 Å². The molecule has 0 aromatic carbocycles. The Kier molecular flexibility index (Phi) is 4.87. The van der Waals surface area contributed by atoms with Gasteiger partial charge in [0.05, 0.1) is 0 Å². The van der Waals surface area contributed by atoms with Crippen molar-refractivity contribution in [3.8, 4) is 0 Å². The molecule has 0 heterocycles. The molecule has 0 spiro atoms. The molecule has 0 saturated carbocycles. The van der Waals surface area contributed by atoms with E-state index in [1.807, 2.05) is 0 Å². The van der Waals surface area contributed by atoms with Crippen LogP contribution in [-0.4, -0.2) is 13.5 Å². The van der Waals surface area contributed by atoms with Gasteiger partial charge < -0.3 is 0 Å². The van der Waals surface area contributed by atoms with Gasteiger partial charge in [0.1, 0.15) is 0 Å². The van der Waals surface area contributed by atoms with Crippen LogP contribution in [0.25, 0.3) is 0 Å². The van der Waals surface area contributed by atoms with Crippen LogP contribution < -0.4 is 0 Å². The monoisotopic (exact) mass is 332 g/mol. The molecule has 0 N–H and O–H groups in total. The second-order valence-electron chi connectivity index (χ2n) is 1.57. The van der Waals surface area contributed by atoms with E-state index in [1.54, 1.807) is 0 Å². The molecule has 0 nitrogen and oxygen atoms in total. The normalized spacial score (nSPS) is 15.3. The molecule has 0 saturated heterocycles. The van der Waals surface area contributed by atoms with Crippen molar-refractivity contribution in [3.63, 3.8) is 0 Å². The number of rotatable bonds is 0. The van der Waals surface area contributed by atoms with Gasteiger partial charge in [-0.25, -0.2) is 0 Å². The Hall–Kier alpha value is 2.54. The SMILES string of the molecule is ClC(Cl)(Cl)[Si](Cl)(Cl)C(Cl)(Cl)Cl. The average Bonchev–Trinajstić information content (AvgIpc) is 1.58. The van der Waals surface area contributed by atoms with Crippen LogP contribution in [0.15, 0.2) is 0 Å². The lowest BCUT2D eigenvalue weighted by atomic mass is 11.8. The molecule has 0 rings (SSSR count). The molecule has 0 unspecified atom stereocenters. The van der Waals surface area contributed by atoms with Crippen LogP contribution in [0.5, 0.6) is 0 Å². The van der Waals surface area contributed by atoms with Crippen molar-refractivity contribution in [1.29, 1.82) is 0 Å². The molecule has 0 radical (unpaired) electrons. The topological polar surface area (TPSA) is 0 Å². The van der Waals surface area contributed by atoms with Crippen molar-refractivity contribution in [3.05, 3.63) is 0 Å². The van der Waals surface area contributed by atoms with Crippen LogP contribution in [-0.2, 0) is 0 Å². The van der Waals surface area contributed by atoms with E-state index >= 15 is 0 Å². The van der Waals surface area contributed by atoms with Crippen molar-refractivity contribution >= 4 is 98.5 Å². The number of alkyl halides is 6. The van der Waals surface area contributed by atoms with E-state index in [-0.39, 0.29) is 0 Å². The van der Waals surface area contributed by atoms with Crippen molar-refractivity contribution < 1.29 is 0 Å². The van der Waals surface area contributed by atoms with Gasteiger partial charge in [0, 0.05) is 0 Å². The smallest absolute Gasteiger partial charge is 0.136 e. The highest BCUT2D eigenvalue weighted by molar-refractivity contribution is 7.57. The van der Waals surface area contributed by atoms with E-state index in [9.17, 15) is 0 Å². The minimum Gasteiger partial charge on any atom is -0.136 e. The predicted octanol–water partition coefficient (Wildman–Crippen LogP) is 4.72. The molecule has 0 aromatic rings. The van der Waals surface area contributed by atoms with Gasteiger partial charge in [0.25, 0.3) is 0 Å². The van der Waals surface area contributed by atoms with Gasteiger partial charge in [-0.05, 0) is 0 Å². The maximum Gasteiger partial charge on any atom is 0.355 e. The van der Waals surface area contributed by atoms with E-state index < -0.39 is 13.5 Å². The number of hydrogen-bond donors (Lipinski definition) is 0. The fraction of sp³-hybridized carbons (Fsp3) is 1.00. The highest BCUT2D eigenvalue weighted by Crippen LogP contribution is 2.53. The fourth-order valence-corrected chi connectivity index (χ4v) is 4.34. The van der Waals surface area contributed by atoms with Gasteiger partial charge in [-0.3, -0.25) is 0 Å². The Morgan fingerprint density at radius 3 is 0.818 bits per heavy atom. The Morgan fingerprint density at radius 1 is 0.636 bits per heavy atom. The largest absolute Gasteiger partial charge is 0.355 e. The summed E-state index contributed by atoms with van der Waals surface area (Å²) in [4.78, 5) is 0. The average molecular weight is 336 g/mol. The highest BCUT2D eigenvalue weighted by Gasteiger charge is 2.63. The van der Waals surface area contributed by atoms with Crippen LogP contribution in [0.1, 0.15) is 0 Å². The summed E-state index contributed by atoms with van der Waals surface area (Å²) in [5.74, 6) is 0. The standard InChI is InChI=1S/C2Cl8Si/c3-1(4,5)11(9,10)2(6,7)8. The first-order valence-electron chi connectivity index (χ1n) is 2.01. The number of hydrogen-bond acceptors (Lipinski definition) is 0. The zero-order valence-corrected chi connectivity index (χ0v) is 11.6. The highest BCUT2D eigenvalue weighted by atomic mass is 35.7. The summed E-state index contributed by atoms with van der Waals surface area (Å²) < 4.78 is -3.86. The maximum atomic E-state index is 5.60. The maximum absolute atomic E-state index is 5.60. The summed E-state index contributed by atoms with van der Waals surface area (Å²) in [6.07, 6.45) is 0. The van der Waals surface area contributed by atoms with Crippen molar-refractivity contribution in [2.75, 3.05) is 0 Å². The Morgan fingerprint density at radius 2 is 0.818 bits per heavy atom. The van der Waals surface area contributed by atoms with Gasteiger partial charge in [-0.15, -0.1) is 22.2 Å². The fourth-order valence-electron chi connectivity index (χ4n) is 0.161. The van der Waals surface area contributed by atoms with E-state index in [4.69, 9.17) is 91.8 Å². The summed E-state index contributed by atoms with van der Waals surface area (Å²) in [6.45, 7) is -3.57. The lowest BCUT2D eigenvalue weighted by molar-refractivity contribution is 1.51. The zero-order valence-electron chi connectivity index (χ0n) is 4.52. The van der Waals surface area contributed by atoms with Gasteiger partial charge in [-0.1, -0.05) is 69.6 Å². The van der Waals surface area contributed by atoms with Crippen LogP contribution in [0.4, 0.5) is 0 Å². The van der Waals surface area contributed by atoms with E-state index in [0.717, 1.165) is 0 Å². The second kappa shape index (κ2) is 3.96. The first-order chi connectivity index (χ1) is 4.50. The van der Waals surface area contributed by atoms with Crippen LogP contribution in [0.2, 0.25) is 0 Å². The lowest BCUT2D eigenvalue weighted by Gasteiger charge is -2.30. The molecule has 0 amide bonds. The summed E-state index contributed by atoms with van der Waals surface area (Å²) in [6, 6.07) is 0. The third-order valence-corrected chi connectivity index (χ3v) is 14.1. The predicted molar refractivity (Wildman–Crippen MR) is 58.0 cm³/mol. The number of halogens is 8. The van der Waals surface area contributed by atoms with Crippen molar-refractivity contribution in [2.45, 2.75) is 6.83 Å². The lowest BCUT2D eigenvalue weighted by Crippen LogP contribution is -2.49. The minimum absolute atomic E-state index is 1.93. The van der Waals surface area contributed by atoms with Crippen molar-refractivity contribution in [2.24, 2.45) is 0 Å². The van der Waals surface area contributed by atoms with E-state index in [0.29, 0.717) is 0 Å². The van der Waals surface area contributed by atoms with Gasteiger partial charge >= 0.3 is 6.69 Å². The van der Waals surface area contributed by atoms with E-state index in [1.165, 1.54) is 0 Å². The van der Waals surface area contributed by atoms with Crippen molar-refractivity contribution in [1.82, 2.24) is 0 Å². The molecule has 0 aliphatic rings. The quantitative estimate of drug-likeness (QED) is 0.341. The molecule has 0 aliphatic carbocycles. The third-order valence-electron chi connectivity index (χ3n) is 0.712. The van der Waals surface area contributed by atoms with Crippen LogP contribution in [0, 0.1) is 0 Å². The molecule has 0 aliphatic heterocycles. The molecule has 68 valence electrons. The molecular formula is C2Cl8Si. The third kappa shape index (κ3) is 3.30. The zero-order chi connectivity index (χ0) is 9.50. The first kappa shape index (κ1) is 13.5. The molecule has 0 aromatic heterocycles. The second-order valence-corrected chi connectivity index (χ2v) is 14.7. The van der Waals surface area contributed by atoms with Gasteiger partial charge in [0.2, 0.25) is 6.83 Å². The Labute approximate surface area is 104 Å². The summed E-state index contributed by atoms with van der Waals surface area (Å²) in [5, 5.41) is 0. The summed E-state index contributed by atoms with van der Waals surface area (Å²) >= 11 is 43.5. The Bertz CT molecular complexity index is 123. The van der Waals surface area contributed by atoms with E-state index in [2.05, 4.69) is 0 Å². The molecule has 0 fully saturated rings. The molecule has 11 heavy (non-hydrogen) atoms. The summed E-state index contributed by atoms with van der Waals surface area (Å²) in [5.41, 5.74) is 0. The minimum atomic E-state index is -3.57. The molecule has 9 heteroatoms. The first-order valence-corrected chi connectivity index (χ1v) is 8.30. The molecule has 0 atom stereocenters. The Balaban J connectivity index is 4.75. The van der Waals surface area contributed by atoms with Crippen LogP contribution in [0.3, 0.4) is 0 Å². The molecular weight excluding hydrogens is 336 g/mol.